The van der Waals surface area contributed by atoms with Crippen LogP contribution in [0, 0.1) is 5.92 Å². The monoisotopic (exact) mass is 248 g/mol. The zero-order valence-corrected chi connectivity index (χ0v) is 10.9. The first kappa shape index (κ1) is 12.7. The number of hydrogen-bond acceptors (Lipinski definition) is 4. The van der Waals surface area contributed by atoms with Gasteiger partial charge >= 0.3 is 5.97 Å². The van der Waals surface area contributed by atoms with E-state index in [2.05, 4.69) is 12.2 Å². The maximum absolute atomic E-state index is 11.7. The Balaban J connectivity index is 2.12. The van der Waals surface area contributed by atoms with Gasteiger partial charge in [0.2, 0.25) is 0 Å². The highest BCUT2D eigenvalue weighted by atomic mass is 16.5. The molecule has 4 heteroatoms. The normalized spacial score (nSPS) is 16.1. The summed E-state index contributed by atoms with van der Waals surface area (Å²) < 4.78 is 4.98. The van der Waals surface area contributed by atoms with E-state index in [-0.39, 0.29) is 5.97 Å². The minimum Gasteiger partial charge on any atom is -0.462 e. The molecule has 1 unspecified atom stereocenters. The van der Waals surface area contributed by atoms with Crippen LogP contribution < -0.4 is 11.1 Å². The Bertz CT molecular complexity index is 441. The lowest BCUT2D eigenvalue weighted by Gasteiger charge is -2.15. The van der Waals surface area contributed by atoms with Crippen molar-refractivity contribution in [1.29, 1.82) is 0 Å². The molecule has 0 spiro atoms. The zero-order valence-electron chi connectivity index (χ0n) is 10.9. The van der Waals surface area contributed by atoms with Crippen molar-refractivity contribution < 1.29 is 9.53 Å². The van der Waals surface area contributed by atoms with Crippen LogP contribution in [0.5, 0.6) is 0 Å². The molecule has 1 fully saturated rings. The van der Waals surface area contributed by atoms with E-state index in [0.29, 0.717) is 23.9 Å². The first-order chi connectivity index (χ1) is 8.61. The Morgan fingerprint density at radius 1 is 1.56 bits per heavy atom. The third kappa shape index (κ3) is 2.94. The summed E-state index contributed by atoms with van der Waals surface area (Å²) in [5.41, 5.74) is 7.61. The van der Waals surface area contributed by atoms with E-state index in [1.807, 2.05) is 6.07 Å². The molecule has 98 valence electrons. The molecule has 0 heterocycles. The van der Waals surface area contributed by atoms with Gasteiger partial charge in [0.25, 0.3) is 0 Å². The quantitative estimate of drug-likeness (QED) is 0.621. The van der Waals surface area contributed by atoms with E-state index >= 15 is 0 Å². The number of rotatable bonds is 5. The number of nitrogen functional groups attached to an aromatic ring is 1. The first-order valence-electron chi connectivity index (χ1n) is 6.45. The van der Waals surface area contributed by atoms with Gasteiger partial charge in [-0.2, -0.15) is 0 Å². The number of benzene rings is 1. The summed E-state index contributed by atoms with van der Waals surface area (Å²) in [5, 5.41) is 3.41. The molecule has 18 heavy (non-hydrogen) atoms. The molecule has 0 radical (unpaired) electrons. The fourth-order valence-corrected chi connectivity index (χ4v) is 2.01. The van der Waals surface area contributed by atoms with Crippen LogP contribution in [0.1, 0.15) is 37.0 Å². The number of anilines is 2. The Kier molecular flexibility index (Phi) is 3.75. The van der Waals surface area contributed by atoms with Crippen molar-refractivity contribution in [3.63, 3.8) is 0 Å². The van der Waals surface area contributed by atoms with Crippen molar-refractivity contribution in [2.45, 2.75) is 32.7 Å². The molecule has 1 aliphatic rings. The second-order valence-corrected chi connectivity index (χ2v) is 4.79. The largest absolute Gasteiger partial charge is 0.462 e. The highest BCUT2D eigenvalue weighted by molar-refractivity contribution is 5.96. The second-order valence-electron chi connectivity index (χ2n) is 4.79. The average molecular weight is 248 g/mol. The summed E-state index contributed by atoms with van der Waals surface area (Å²) in [6.45, 7) is 4.30. The molecule has 0 amide bonds. The summed E-state index contributed by atoms with van der Waals surface area (Å²) in [5.74, 6) is 0.395. The van der Waals surface area contributed by atoms with Crippen molar-refractivity contribution in [3.8, 4) is 0 Å². The Morgan fingerprint density at radius 3 is 2.89 bits per heavy atom. The van der Waals surface area contributed by atoms with Crippen LogP contribution in [0.3, 0.4) is 0 Å². The van der Waals surface area contributed by atoms with Crippen molar-refractivity contribution in [2.75, 3.05) is 17.7 Å². The summed E-state index contributed by atoms with van der Waals surface area (Å²) in [6, 6.07) is 5.85. The molecule has 0 aromatic heterocycles. The van der Waals surface area contributed by atoms with Gasteiger partial charge in [-0.15, -0.1) is 0 Å². The maximum Gasteiger partial charge on any atom is 0.340 e. The number of nitrogens with two attached hydrogens (primary N) is 1. The SMILES string of the molecule is CCOC(=O)c1cc(NC(C)C2CC2)ccc1N. The number of ether oxygens (including phenoxy) is 1. The Hall–Kier alpha value is -1.71. The smallest absolute Gasteiger partial charge is 0.340 e. The van der Waals surface area contributed by atoms with Crippen LogP contribution in [0.15, 0.2) is 18.2 Å². The van der Waals surface area contributed by atoms with Crippen molar-refractivity contribution in [2.24, 2.45) is 5.92 Å². The predicted octanol–water partition coefficient (Wildman–Crippen LogP) is 2.66. The topological polar surface area (TPSA) is 64.3 Å². The molecule has 0 aliphatic heterocycles. The van der Waals surface area contributed by atoms with E-state index < -0.39 is 0 Å². The van der Waals surface area contributed by atoms with Crippen LogP contribution in [-0.4, -0.2) is 18.6 Å². The first-order valence-corrected chi connectivity index (χ1v) is 6.45. The number of carbonyl (C=O) groups is 1. The van der Waals surface area contributed by atoms with Gasteiger partial charge < -0.3 is 15.8 Å². The highest BCUT2D eigenvalue weighted by Gasteiger charge is 2.27. The van der Waals surface area contributed by atoms with Crippen molar-refractivity contribution in [3.05, 3.63) is 23.8 Å². The average Bonchev–Trinajstić information content (AvgIpc) is 3.15. The minimum atomic E-state index is -0.363. The van der Waals surface area contributed by atoms with Gasteiger partial charge in [0.15, 0.2) is 0 Å². The lowest BCUT2D eigenvalue weighted by Crippen LogP contribution is -2.18. The van der Waals surface area contributed by atoms with Crippen molar-refractivity contribution >= 4 is 17.3 Å². The molecule has 1 aromatic rings. The van der Waals surface area contributed by atoms with Crippen LogP contribution in [0.4, 0.5) is 11.4 Å². The van der Waals surface area contributed by atoms with Gasteiger partial charge in [0, 0.05) is 17.4 Å². The van der Waals surface area contributed by atoms with Crippen LogP contribution in [0.25, 0.3) is 0 Å². The summed E-state index contributed by atoms with van der Waals surface area (Å²) in [6.07, 6.45) is 2.57. The van der Waals surface area contributed by atoms with Crippen LogP contribution >= 0.6 is 0 Å². The number of carbonyl (C=O) groups excluding carboxylic acids is 1. The predicted molar refractivity (Wildman–Crippen MR) is 72.6 cm³/mol. The molecular weight excluding hydrogens is 228 g/mol. The van der Waals surface area contributed by atoms with E-state index in [4.69, 9.17) is 10.5 Å². The number of hydrogen-bond donors (Lipinski definition) is 2. The van der Waals surface area contributed by atoms with Crippen molar-refractivity contribution in [1.82, 2.24) is 0 Å². The minimum absolute atomic E-state index is 0.356. The summed E-state index contributed by atoms with van der Waals surface area (Å²) in [4.78, 5) is 11.7. The van der Waals surface area contributed by atoms with E-state index in [1.54, 1.807) is 19.1 Å². The van der Waals surface area contributed by atoms with Gasteiger partial charge in [-0.25, -0.2) is 4.79 Å². The zero-order chi connectivity index (χ0) is 13.1. The third-order valence-electron chi connectivity index (χ3n) is 3.27. The molecule has 1 aromatic carbocycles. The highest BCUT2D eigenvalue weighted by Crippen LogP contribution is 2.34. The van der Waals surface area contributed by atoms with Gasteiger partial charge in [-0.3, -0.25) is 0 Å². The van der Waals surface area contributed by atoms with Crippen LogP contribution in [0.2, 0.25) is 0 Å². The van der Waals surface area contributed by atoms with Gasteiger partial charge in [-0.1, -0.05) is 0 Å². The standard InChI is InChI=1S/C14H20N2O2/c1-3-18-14(17)12-8-11(6-7-13(12)15)16-9(2)10-4-5-10/h6-10,16H,3-5,15H2,1-2H3. The van der Waals surface area contributed by atoms with Crippen LogP contribution in [-0.2, 0) is 4.74 Å². The number of nitrogens with one attached hydrogen (secondary N) is 1. The van der Waals surface area contributed by atoms with E-state index in [9.17, 15) is 4.79 Å². The summed E-state index contributed by atoms with van der Waals surface area (Å²) in [7, 11) is 0. The van der Waals surface area contributed by atoms with E-state index in [1.165, 1.54) is 12.8 Å². The fourth-order valence-electron chi connectivity index (χ4n) is 2.01. The maximum atomic E-state index is 11.7. The molecule has 2 rings (SSSR count). The number of esters is 1. The van der Waals surface area contributed by atoms with Gasteiger partial charge in [-0.05, 0) is 50.8 Å². The molecule has 1 aliphatic carbocycles. The molecule has 1 saturated carbocycles. The molecule has 3 N–H and O–H groups in total. The molecule has 0 bridgehead atoms. The fraction of sp³-hybridized carbons (Fsp3) is 0.500. The summed E-state index contributed by atoms with van der Waals surface area (Å²) >= 11 is 0. The Labute approximate surface area is 108 Å². The second kappa shape index (κ2) is 5.29. The lowest BCUT2D eigenvalue weighted by molar-refractivity contribution is 0.0527. The molecule has 1 atom stereocenters. The Morgan fingerprint density at radius 2 is 2.28 bits per heavy atom. The third-order valence-corrected chi connectivity index (χ3v) is 3.27. The molecule has 0 saturated heterocycles. The van der Waals surface area contributed by atoms with Gasteiger partial charge in [0.1, 0.15) is 0 Å². The van der Waals surface area contributed by atoms with E-state index in [0.717, 1.165) is 11.6 Å². The lowest BCUT2D eigenvalue weighted by atomic mass is 10.1. The molecular formula is C14H20N2O2. The molecule has 4 nitrogen and oxygen atoms in total. The van der Waals surface area contributed by atoms with Gasteiger partial charge in [0.05, 0.1) is 12.2 Å².